The zero-order chi connectivity index (χ0) is 16.5. The fourth-order valence-electron chi connectivity index (χ4n) is 7.19. The van der Waals surface area contributed by atoms with Gasteiger partial charge < -0.3 is 5.11 Å². The predicted octanol–water partition coefficient (Wildman–Crippen LogP) is 5.65. The molecule has 23 heavy (non-hydrogen) atoms. The minimum absolute atomic E-state index is 0.0693. The van der Waals surface area contributed by atoms with E-state index in [1.807, 2.05) is 0 Å². The van der Waals surface area contributed by atoms with Crippen molar-refractivity contribution < 1.29 is 5.11 Å². The number of fused-ring (bicyclic) bond motifs is 5. The van der Waals surface area contributed by atoms with Gasteiger partial charge in [-0.1, -0.05) is 44.1 Å². The Labute approximate surface area is 142 Å². The lowest BCUT2D eigenvalue weighted by Gasteiger charge is -2.61. The maximum absolute atomic E-state index is 10.3. The third-order valence-electron chi connectivity index (χ3n) is 8.90. The molecule has 0 spiro atoms. The molecular formula is C22H34O. The van der Waals surface area contributed by atoms with E-state index in [0.717, 1.165) is 24.7 Å². The van der Waals surface area contributed by atoms with E-state index in [1.165, 1.54) is 38.5 Å². The third kappa shape index (κ3) is 1.95. The summed E-state index contributed by atoms with van der Waals surface area (Å²) in [7, 11) is 0. The van der Waals surface area contributed by atoms with Gasteiger partial charge in [-0.25, -0.2) is 0 Å². The zero-order valence-corrected chi connectivity index (χ0v) is 15.5. The van der Waals surface area contributed by atoms with Crippen LogP contribution in [0.2, 0.25) is 0 Å². The Morgan fingerprint density at radius 3 is 2.65 bits per heavy atom. The molecule has 1 heteroatoms. The van der Waals surface area contributed by atoms with Crippen molar-refractivity contribution in [3.05, 3.63) is 23.3 Å². The summed E-state index contributed by atoms with van der Waals surface area (Å²) < 4.78 is 0. The van der Waals surface area contributed by atoms with Gasteiger partial charge in [0.2, 0.25) is 0 Å². The van der Waals surface area contributed by atoms with Crippen molar-refractivity contribution in [1.29, 1.82) is 0 Å². The molecule has 0 radical (unpaired) electrons. The summed E-state index contributed by atoms with van der Waals surface area (Å²) in [5.41, 5.74) is 4.58. The maximum Gasteiger partial charge on any atom is 0.0546 e. The molecule has 3 fully saturated rings. The fraction of sp³-hybridized carbons (Fsp3) is 0.818. The number of aliphatic hydroxyl groups is 1. The Morgan fingerprint density at radius 1 is 1.13 bits per heavy atom. The standard InChI is InChI=1S/C22H34O/c1-5-15-6-7-18-17-9-11-20(2)14-16(23)8-13-22(20,4)19(17)10-12-21(15,18)3/h5,10,16-18,23H,6-9,11-14H2,1-4H3/b15-5-/t16-,17?,18?,20-,21-,22-/m1/s1. The van der Waals surface area contributed by atoms with Crippen molar-refractivity contribution in [3.63, 3.8) is 0 Å². The van der Waals surface area contributed by atoms with E-state index in [-0.39, 0.29) is 6.10 Å². The first-order chi connectivity index (χ1) is 10.8. The first-order valence-electron chi connectivity index (χ1n) is 9.88. The van der Waals surface area contributed by atoms with Crippen LogP contribution in [0.5, 0.6) is 0 Å². The van der Waals surface area contributed by atoms with Crippen molar-refractivity contribution in [2.24, 2.45) is 28.1 Å². The Hall–Kier alpha value is -0.560. The number of rotatable bonds is 0. The molecule has 0 aliphatic heterocycles. The molecule has 0 heterocycles. The number of allylic oxidation sites excluding steroid dienone is 4. The molecule has 1 N–H and O–H groups in total. The van der Waals surface area contributed by atoms with Gasteiger partial charge in [-0.05, 0) is 86.4 Å². The van der Waals surface area contributed by atoms with Crippen molar-refractivity contribution in [3.8, 4) is 0 Å². The molecule has 6 atom stereocenters. The average Bonchev–Trinajstić information content (AvgIpc) is 2.85. The fourth-order valence-corrected chi connectivity index (χ4v) is 7.19. The van der Waals surface area contributed by atoms with Gasteiger partial charge in [0.15, 0.2) is 0 Å². The van der Waals surface area contributed by atoms with E-state index < -0.39 is 0 Å². The smallest absolute Gasteiger partial charge is 0.0546 e. The second kappa shape index (κ2) is 4.97. The van der Waals surface area contributed by atoms with Crippen molar-refractivity contribution in [2.75, 3.05) is 0 Å². The maximum atomic E-state index is 10.3. The normalized spacial score (nSPS) is 54.2. The summed E-state index contributed by atoms with van der Waals surface area (Å²) in [4.78, 5) is 0. The molecule has 4 rings (SSSR count). The van der Waals surface area contributed by atoms with Crippen LogP contribution in [0.1, 0.15) is 79.1 Å². The molecule has 0 aromatic rings. The highest BCUT2D eigenvalue weighted by molar-refractivity contribution is 5.35. The van der Waals surface area contributed by atoms with Crippen LogP contribution >= 0.6 is 0 Å². The second-order valence-electron chi connectivity index (χ2n) is 9.67. The summed E-state index contributed by atoms with van der Waals surface area (Å²) in [5.74, 6) is 1.67. The van der Waals surface area contributed by atoms with Crippen molar-refractivity contribution in [2.45, 2.75) is 85.2 Å². The van der Waals surface area contributed by atoms with Gasteiger partial charge >= 0.3 is 0 Å². The molecule has 128 valence electrons. The highest BCUT2D eigenvalue weighted by atomic mass is 16.3. The summed E-state index contributed by atoms with van der Waals surface area (Å²) in [5, 5.41) is 10.3. The van der Waals surface area contributed by atoms with Crippen LogP contribution < -0.4 is 0 Å². The Balaban J connectivity index is 1.75. The Kier molecular flexibility index (Phi) is 3.45. The van der Waals surface area contributed by atoms with E-state index in [1.54, 1.807) is 11.1 Å². The van der Waals surface area contributed by atoms with Crippen LogP contribution in [0.4, 0.5) is 0 Å². The summed E-state index contributed by atoms with van der Waals surface area (Å²) in [6.07, 6.45) is 14.8. The quantitative estimate of drug-likeness (QED) is 0.573. The first-order valence-corrected chi connectivity index (χ1v) is 9.88. The lowest BCUT2D eigenvalue weighted by molar-refractivity contribution is -0.0672. The van der Waals surface area contributed by atoms with Crippen molar-refractivity contribution >= 4 is 0 Å². The Morgan fingerprint density at radius 2 is 1.91 bits per heavy atom. The molecule has 4 aliphatic carbocycles. The molecule has 0 amide bonds. The zero-order valence-electron chi connectivity index (χ0n) is 15.5. The topological polar surface area (TPSA) is 20.2 Å². The SMILES string of the molecule is C/C=C1/CCC2C3CC[C@]4(C)C[C@H](O)CC[C@]4(C)C3=CC[C@]12C. The number of hydrogen-bond donors (Lipinski definition) is 1. The van der Waals surface area contributed by atoms with Crippen molar-refractivity contribution in [1.82, 2.24) is 0 Å². The minimum Gasteiger partial charge on any atom is -0.393 e. The molecule has 4 aliphatic rings. The van der Waals surface area contributed by atoms with Crippen LogP contribution in [0.15, 0.2) is 23.3 Å². The van der Waals surface area contributed by atoms with E-state index in [0.29, 0.717) is 16.2 Å². The average molecular weight is 315 g/mol. The second-order valence-corrected chi connectivity index (χ2v) is 9.67. The summed E-state index contributed by atoms with van der Waals surface area (Å²) in [6.45, 7) is 9.77. The van der Waals surface area contributed by atoms with Gasteiger partial charge in [-0.3, -0.25) is 0 Å². The summed E-state index contributed by atoms with van der Waals surface area (Å²) in [6, 6.07) is 0. The molecule has 0 aromatic heterocycles. The van der Waals surface area contributed by atoms with Crippen LogP contribution in [0, 0.1) is 28.1 Å². The van der Waals surface area contributed by atoms with E-state index >= 15 is 0 Å². The van der Waals surface area contributed by atoms with Gasteiger partial charge in [0.1, 0.15) is 0 Å². The van der Waals surface area contributed by atoms with Gasteiger partial charge in [-0.2, -0.15) is 0 Å². The highest BCUT2D eigenvalue weighted by Gasteiger charge is 2.59. The molecule has 2 unspecified atom stereocenters. The predicted molar refractivity (Wildman–Crippen MR) is 96.1 cm³/mol. The first kappa shape index (κ1) is 15.9. The lowest BCUT2D eigenvalue weighted by Crippen LogP contribution is -2.53. The molecule has 0 aromatic carbocycles. The number of hydrogen-bond acceptors (Lipinski definition) is 1. The molecular weight excluding hydrogens is 280 g/mol. The van der Waals surface area contributed by atoms with E-state index in [9.17, 15) is 5.11 Å². The lowest BCUT2D eigenvalue weighted by atomic mass is 9.44. The van der Waals surface area contributed by atoms with Crippen LogP contribution in [-0.4, -0.2) is 11.2 Å². The minimum atomic E-state index is -0.0693. The van der Waals surface area contributed by atoms with Gasteiger partial charge in [0.05, 0.1) is 6.10 Å². The highest BCUT2D eigenvalue weighted by Crippen LogP contribution is 2.68. The van der Waals surface area contributed by atoms with Crippen LogP contribution in [-0.2, 0) is 0 Å². The van der Waals surface area contributed by atoms with Gasteiger partial charge in [0, 0.05) is 0 Å². The summed E-state index contributed by atoms with van der Waals surface area (Å²) >= 11 is 0. The third-order valence-corrected chi connectivity index (χ3v) is 8.90. The Bertz CT molecular complexity index is 573. The monoisotopic (exact) mass is 314 g/mol. The molecule has 0 bridgehead atoms. The largest absolute Gasteiger partial charge is 0.393 e. The van der Waals surface area contributed by atoms with Gasteiger partial charge in [-0.15, -0.1) is 0 Å². The van der Waals surface area contributed by atoms with Gasteiger partial charge in [0.25, 0.3) is 0 Å². The van der Waals surface area contributed by atoms with Crippen LogP contribution in [0.3, 0.4) is 0 Å². The molecule has 0 saturated heterocycles. The number of aliphatic hydroxyl groups excluding tert-OH is 1. The van der Waals surface area contributed by atoms with E-state index in [2.05, 4.69) is 39.8 Å². The van der Waals surface area contributed by atoms with E-state index in [4.69, 9.17) is 0 Å². The van der Waals surface area contributed by atoms with Crippen LogP contribution in [0.25, 0.3) is 0 Å². The molecule has 1 nitrogen and oxygen atoms in total. The molecule has 3 saturated carbocycles.